The van der Waals surface area contributed by atoms with Gasteiger partial charge in [-0.25, -0.2) is 0 Å². The second kappa shape index (κ2) is 10.1. The molecule has 0 saturated carbocycles. The molecule has 2 rings (SSSR count). The number of hydrogen-bond acceptors (Lipinski definition) is 2. The van der Waals surface area contributed by atoms with E-state index in [2.05, 4.69) is 24.8 Å². The molecule has 1 amide bonds. The Bertz CT molecular complexity index is 472. The molecule has 1 aliphatic heterocycles. The van der Waals surface area contributed by atoms with E-state index in [1.807, 2.05) is 24.0 Å². The van der Waals surface area contributed by atoms with Crippen LogP contribution < -0.4 is 0 Å². The SMILES string of the molecule is CCCCN1CCN(C(=O)c2cccc(C)c2C)CC1.Cl.Cl. The molecule has 0 spiro atoms. The van der Waals surface area contributed by atoms with Crippen molar-refractivity contribution in [2.75, 3.05) is 32.7 Å². The summed E-state index contributed by atoms with van der Waals surface area (Å²) in [5, 5.41) is 0. The molecule has 0 bridgehead atoms. The number of rotatable bonds is 4. The fourth-order valence-electron chi connectivity index (χ4n) is 2.71. The molecule has 0 N–H and O–H groups in total. The first-order valence-electron chi connectivity index (χ1n) is 7.71. The fourth-order valence-corrected chi connectivity index (χ4v) is 2.71. The van der Waals surface area contributed by atoms with Crippen molar-refractivity contribution in [2.24, 2.45) is 0 Å². The van der Waals surface area contributed by atoms with Gasteiger partial charge in [0, 0.05) is 31.7 Å². The van der Waals surface area contributed by atoms with Gasteiger partial charge in [-0.05, 0) is 44.0 Å². The van der Waals surface area contributed by atoms with E-state index in [0.717, 1.165) is 37.3 Å². The van der Waals surface area contributed by atoms with Gasteiger partial charge in [0.25, 0.3) is 5.91 Å². The van der Waals surface area contributed by atoms with Crippen LogP contribution in [0, 0.1) is 13.8 Å². The number of hydrogen-bond donors (Lipinski definition) is 0. The highest BCUT2D eigenvalue weighted by Crippen LogP contribution is 2.16. The van der Waals surface area contributed by atoms with Crippen molar-refractivity contribution in [2.45, 2.75) is 33.6 Å². The van der Waals surface area contributed by atoms with E-state index in [1.54, 1.807) is 0 Å². The van der Waals surface area contributed by atoms with E-state index >= 15 is 0 Å². The minimum atomic E-state index is 0. The van der Waals surface area contributed by atoms with E-state index in [-0.39, 0.29) is 30.7 Å². The number of amides is 1. The summed E-state index contributed by atoms with van der Waals surface area (Å²) in [6.07, 6.45) is 2.49. The zero-order chi connectivity index (χ0) is 14.5. The zero-order valence-electron chi connectivity index (χ0n) is 13.8. The predicted octanol–water partition coefficient (Wildman–Crippen LogP) is 3.70. The van der Waals surface area contributed by atoms with Crippen LogP contribution in [-0.4, -0.2) is 48.4 Å². The molecular formula is C17H28Cl2N2O. The van der Waals surface area contributed by atoms with E-state index in [1.165, 1.54) is 24.9 Å². The molecule has 0 aliphatic carbocycles. The van der Waals surface area contributed by atoms with Crippen LogP contribution in [0.25, 0.3) is 0 Å². The number of nitrogens with zero attached hydrogens (tertiary/aromatic N) is 2. The number of benzene rings is 1. The highest BCUT2D eigenvalue weighted by molar-refractivity contribution is 5.96. The third kappa shape index (κ3) is 5.15. The van der Waals surface area contributed by atoms with Crippen molar-refractivity contribution < 1.29 is 4.79 Å². The van der Waals surface area contributed by atoms with E-state index in [9.17, 15) is 4.79 Å². The average Bonchev–Trinajstić information content (AvgIpc) is 2.48. The quantitative estimate of drug-likeness (QED) is 0.829. The van der Waals surface area contributed by atoms with Gasteiger partial charge in [-0.2, -0.15) is 0 Å². The number of halogens is 2. The topological polar surface area (TPSA) is 23.6 Å². The number of piperazine rings is 1. The Morgan fingerprint density at radius 1 is 1.09 bits per heavy atom. The smallest absolute Gasteiger partial charge is 0.254 e. The first kappa shape index (κ1) is 21.2. The lowest BCUT2D eigenvalue weighted by molar-refractivity contribution is 0.0635. The molecule has 1 heterocycles. The Morgan fingerprint density at radius 3 is 2.32 bits per heavy atom. The molecular weight excluding hydrogens is 319 g/mol. The highest BCUT2D eigenvalue weighted by atomic mass is 35.5. The maximum atomic E-state index is 12.6. The van der Waals surface area contributed by atoms with Crippen LogP contribution in [-0.2, 0) is 0 Å². The molecule has 0 unspecified atom stereocenters. The van der Waals surface area contributed by atoms with Crippen LogP contribution in [0.4, 0.5) is 0 Å². The van der Waals surface area contributed by atoms with Crippen molar-refractivity contribution in [3.63, 3.8) is 0 Å². The summed E-state index contributed by atoms with van der Waals surface area (Å²) in [6, 6.07) is 6.00. The number of carbonyl (C=O) groups excluding carboxylic acids is 1. The van der Waals surface area contributed by atoms with Crippen molar-refractivity contribution in [1.29, 1.82) is 0 Å². The van der Waals surface area contributed by atoms with Gasteiger partial charge in [-0.15, -0.1) is 24.8 Å². The average molecular weight is 347 g/mol. The second-order valence-corrected chi connectivity index (χ2v) is 5.73. The van der Waals surface area contributed by atoms with Gasteiger partial charge in [0.2, 0.25) is 0 Å². The highest BCUT2D eigenvalue weighted by Gasteiger charge is 2.22. The second-order valence-electron chi connectivity index (χ2n) is 5.73. The molecule has 1 aromatic rings. The summed E-state index contributed by atoms with van der Waals surface area (Å²) >= 11 is 0. The van der Waals surface area contributed by atoms with Crippen molar-refractivity contribution in [3.05, 3.63) is 34.9 Å². The number of aryl methyl sites for hydroxylation is 1. The van der Waals surface area contributed by atoms with E-state index < -0.39 is 0 Å². The largest absolute Gasteiger partial charge is 0.336 e. The standard InChI is InChI=1S/C17H26N2O.2ClH/c1-4-5-9-18-10-12-19(13-11-18)17(20)16-8-6-7-14(2)15(16)3;;/h6-8H,4-5,9-13H2,1-3H3;2*1H. The lowest BCUT2D eigenvalue weighted by atomic mass is 10.0. The van der Waals surface area contributed by atoms with Gasteiger partial charge in [0.15, 0.2) is 0 Å². The van der Waals surface area contributed by atoms with Gasteiger partial charge in [-0.1, -0.05) is 25.5 Å². The first-order valence-corrected chi connectivity index (χ1v) is 7.71. The lowest BCUT2D eigenvalue weighted by Crippen LogP contribution is -2.49. The maximum absolute atomic E-state index is 12.6. The molecule has 5 heteroatoms. The van der Waals surface area contributed by atoms with Crippen LogP contribution in [0.1, 0.15) is 41.3 Å². The molecule has 1 saturated heterocycles. The van der Waals surface area contributed by atoms with E-state index in [4.69, 9.17) is 0 Å². The van der Waals surface area contributed by atoms with Crippen LogP contribution in [0.2, 0.25) is 0 Å². The van der Waals surface area contributed by atoms with Gasteiger partial charge in [0.1, 0.15) is 0 Å². The van der Waals surface area contributed by atoms with Crippen molar-refractivity contribution in [3.8, 4) is 0 Å². The van der Waals surface area contributed by atoms with Crippen LogP contribution >= 0.6 is 24.8 Å². The van der Waals surface area contributed by atoms with Crippen LogP contribution in [0.15, 0.2) is 18.2 Å². The molecule has 1 aliphatic rings. The van der Waals surface area contributed by atoms with Gasteiger partial charge in [-0.3, -0.25) is 9.69 Å². The molecule has 0 atom stereocenters. The summed E-state index contributed by atoms with van der Waals surface area (Å²) < 4.78 is 0. The minimum Gasteiger partial charge on any atom is -0.336 e. The minimum absolute atomic E-state index is 0. The predicted molar refractivity (Wildman–Crippen MR) is 97.7 cm³/mol. The molecule has 3 nitrogen and oxygen atoms in total. The summed E-state index contributed by atoms with van der Waals surface area (Å²) in [4.78, 5) is 17.1. The molecule has 22 heavy (non-hydrogen) atoms. The Labute approximate surface area is 146 Å². The summed E-state index contributed by atoms with van der Waals surface area (Å²) in [5.74, 6) is 0.196. The maximum Gasteiger partial charge on any atom is 0.254 e. The van der Waals surface area contributed by atoms with Crippen LogP contribution in [0.3, 0.4) is 0 Å². The Kier molecular flexibility index (Phi) is 9.74. The Morgan fingerprint density at radius 2 is 1.73 bits per heavy atom. The van der Waals surface area contributed by atoms with Gasteiger partial charge in [0.05, 0.1) is 0 Å². The molecule has 126 valence electrons. The summed E-state index contributed by atoms with van der Waals surface area (Å²) in [7, 11) is 0. The Balaban J connectivity index is 0.00000220. The van der Waals surface area contributed by atoms with Crippen molar-refractivity contribution in [1.82, 2.24) is 9.80 Å². The fraction of sp³-hybridized carbons (Fsp3) is 0.588. The summed E-state index contributed by atoms with van der Waals surface area (Å²) in [6.45, 7) is 11.2. The zero-order valence-corrected chi connectivity index (χ0v) is 15.4. The van der Waals surface area contributed by atoms with Crippen LogP contribution in [0.5, 0.6) is 0 Å². The van der Waals surface area contributed by atoms with Gasteiger partial charge >= 0.3 is 0 Å². The molecule has 1 fully saturated rings. The third-order valence-electron chi connectivity index (χ3n) is 4.32. The number of carbonyl (C=O) groups is 1. The molecule has 1 aromatic carbocycles. The molecule has 0 radical (unpaired) electrons. The lowest BCUT2D eigenvalue weighted by Gasteiger charge is -2.35. The van der Waals surface area contributed by atoms with Gasteiger partial charge < -0.3 is 4.90 Å². The Hall–Kier alpha value is -0.770. The normalized spacial score (nSPS) is 15.0. The number of unbranched alkanes of at least 4 members (excludes halogenated alkanes) is 1. The van der Waals surface area contributed by atoms with E-state index in [0.29, 0.717) is 0 Å². The third-order valence-corrected chi connectivity index (χ3v) is 4.32. The first-order chi connectivity index (χ1) is 9.63. The monoisotopic (exact) mass is 346 g/mol. The summed E-state index contributed by atoms with van der Waals surface area (Å²) in [5.41, 5.74) is 3.18. The molecule has 0 aromatic heterocycles. The van der Waals surface area contributed by atoms with Crippen molar-refractivity contribution >= 4 is 30.7 Å².